The minimum Gasteiger partial charge on any atom is -0.493 e. The van der Waals surface area contributed by atoms with Crippen molar-refractivity contribution in [3.05, 3.63) is 48.5 Å². The zero-order valence-electron chi connectivity index (χ0n) is 12.3. The van der Waals surface area contributed by atoms with Crippen LogP contribution in [0.2, 0.25) is 0 Å². The van der Waals surface area contributed by atoms with E-state index in [0.717, 1.165) is 0 Å². The van der Waals surface area contributed by atoms with Crippen molar-refractivity contribution in [1.82, 2.24) is 9.97 Å². The van der Waals surface area contributed by atoms with Gasteiger partial charge in [-0.15, -0.1) is 0 Å². The van der Waals surface area contributed by atoms with Gasteiger partial charge in [0.25, 0.3) is 0 Å². The summed E-state index contributed by atoms with van der Waals surface area (Å²) in [5.41, 5.74) is -1.16. The van der Waals surface area contributed by atoms with Crippen molar-refractivity contribution in [2.45, 2.75) is 11.9 Å². The lowest BCUT2D eigenvalue weighted by atomic mass is 9.64. The Morgan fingerprint density at radius 3 is 1.86 bits per heavy atom. The Bertz CT molecular complexity index is 454. The number of aromatic nitrogens is 2. The van der Waals surface area contributed by atoms with Crippen LogP contribution in [0, 0.1) is 0 Å². The third kappa shape index (κ3) is 4.56. The standard InChI is InChI=1S/C9H15BO5.C4H4N2/c1-13-7-4-5-9(15-3,10(11)12)6-8(7)14-2;1-2-6-4-3-5-1/h4,6,11-12H,5H2,1-3H3;1-4H. The zero-order valence-corrected chi connectivity index (χ0v) is 12.3. The maximum atomic E-state index is 9.26. The molecule has 114 valence electrons. The molecule has 2 N–H and O–H groups in total. The van der Waals surface area contributed by atoms with Crippen molar-refractivity contribution in [2.24, 2.45) is 0 Å². The molecule has 1 atom stereocenters. The van der Waals surface area contributed by atoms with Gasteiger partial charge in [0.2, 0.25) is 0 Å². The zero-order chi connectivity index (χ0) is 15.7. The summed E-state index contributed by atoms with van der Waals surface area (Å²) in [6, 6.07) is 0. The van der Waals surface area contributed by atoms with Crippen molar-refractivity contribution in [3.8, 4) is 0 Å². The maximum absolute atomic E-state index is 9.26. The van der Waals surface area contributed by atoms with Gasteiger partial charge in [-0.05, 0) is 12.2 Å². The molecule has 7 nitrogen and oxygen atoms in total. The Morgan fingerprint density at radius 2 is 1.52 bits per heavy atom. The first-order valence-electron chi connectivity index (χ1n) is 6.22. The van der Waals surface area contributed by atoms with E-state index in [1.54, 1.807) is 30.9 Å². The summed E-state index contributed by atoms with van der Waals surface area (Å²) >= 11 is 0. The fourth-order valence-electron chi connectivity index (χ4n) is 1.73. The van der Waals surface area contributed by atoms with Gasteiger partial charge in [-0.2, -0.15) is 0 Å². The molecule has 8 heteroatoms. The molecule has 0 aliphatic heterocycles. The van der Waals surface area contributed by atoms with E-state index in [0.29, 0.717) is 17.9 Å². The predicted octanol–water partition coefficient (Wildman–Crippen LogP) is 0.324. The second-order valence-electron chi connectivity index (χ2n) is 4.12. The highest BCUT2D eigenvalue weighted by Crippen LogP contribution is 2.30. The Hall–Kier alpha value is -1.90. The number of rotatable bonds is 4. The summed E-state index contributed by atoms with van der Waals surface area (Å²) < 4.78 is 15.2. The first-order valence-corrected chi connectivity index (χ1v) is 6.22. The molecular formula is C13H19BN2O5. The lowest BCUT2D eigenvalue weighted by Gasteiger charge is -2.31. The summed E-state index contributed by atoms with van der Waals surface area (Å²) in [4.78, 5) is 7.44. The number of hydrogen-bond donors (Lipinski definition) is 2. The van der Waals surface area contributed by atoms with Crippen LogP contribution in [0.15, 0.2) is 48.5 Å². The molecule has 0 amide bonds. The van der Waals surface area contributed by atoms with Gasteiger partial charge in [-0.1, -0.05) is 0 Å². The summed E-state index contributed by atoms with van der Waals surface area (Å²) in [6.45, 7) is 0. The van der Waals surface area contributed by atoms with Gasteiger partial charge in [-0.3, -0.25) is 9.97 Å². The average Bonchev–Trinajstić information content (AvgIpc) is 2.56. The summed E-state index contributed by atoms with van der Waals surface area (Å²) in [6.07, 6.45) is 10.1. The first kappa shape index (κ1) is 17.2. The maximum Gasteiger partial charge on any atom is 0.490 e. The third-order valence-corrected chi connectivity index (χ3v) is 2.96. The molecule has 1 aliphatic carbocycles. The molecule has 1 aromatic rings. The number of methoxy groups -OCH3 is 3. The second kappa shape index (κ2) is 8.40. The van der Waals surface area contributed by atoms with Crippen LogP contribution in [-0.2, 0) is 14.2 Å². The molecular weight excluding hydrogens is 275 g/mol. The normalized spacial score (nSPS) is 20.4. The molecule has 0 saturated carbocycles. The van der Waals surface area contributed by atoms with Crippen molar-refractivity contribution in [3.63, 3.8) is 0 Å². The van der Waals surface area contributed by atoms with Gasteiger partial charge < -0.3 is 24.3 Å². The van der Waals surface area contributed by atoms with Gasteiger partial charge in [0.1, 0.15) is 5.50 Å². The van der Waals surface area contributed by atoms with Crippen molar-refractivity contribution >= 4 is 7.12 Å². The molecule has 0 bridgehead atoms. The quantitative estimate of drug-likeness (QED) is 0.772. The van der Waals surface area contributed by atoms with Crippen LogP contribution >= 0.6 is 0 Å². The molecule has 1 aliphatic rings. The molecule has 1 heterocycles. The lowest BCUT2D eigenvalue weighted by molar-refractivity contribution is 0.0611. The van der Waals surface area contributed by atoms with E-state index in [2.05, 4.69) is 9.97 Å². The summed E-state index contributed by atoms with van der Waals surface area (Å²) in [5.74, 6) is 0.990. The Balaban J connectivity index is 0.000000304. The highest BCUT2D eigenvalue weighted by molar-refractivity contribution is 6.46. The average molecular weight is 294 g/mol. The van der Waals surface area contributed by atoms with Crippen LogP contribution in [0.25, 0.3) is 0 Å². The predicted molar refractivity (Wildman–Crippen MR) is 76.8 cm³/mol. The minimum absolute atomic E-state index is 0.317. The van der Waals surface area contributed by atoms with Gasteiger partial charge in [-0.25, -0.2) is 0 Å². The largest absolute Gasteiger partial charge is 0.493 e. The highest BCUT2D eigenvalue weighted by atomic mass is 16.5. The third-order valence-electron chi connectivity index (χ3n) is 2.96. The van der Waals surface area contributed by atoms with E-state index < -0.39 is 12.6 Å². The Kier molecular flexibility index (Phi) is 6.87. The molecule has 0 radical (unpaired) electrons. The van der Waals surface area contributed by atoms with Crippen molar-refractivity contribution in [2.75, 3.05) is 21.3 Å². The van der Waals surface area contributed by atoms with Crippen LogP contribution < -0.4 is 0 Å². The fraction of sp³-hybridized carbons (Fsp3) is 0.385. The Labute approximate surface area is 124 Å². The molecule has 21 heavy (non-hydrogen) atoms. The first-order chi connectivity index (χ1) is 10.1. The topological polar surface area (TPSA) is 93.9 Å². The number of hydrogen-bond acceptors (Lipinski definition) is 7. The Morgan fingerprint density at radius 1 is 1.00 bits per heavy atom. The number of nitrogens with zero attached hydrogens (tertiary/aromatic N) is 2. The smallest absolute Gasteiger partial charge is 0.490 e. The van der Waals surface area contributed by atoms with E-state index >= 15 is 0 Å². The monoisotopic (exact) mass is 294 g/mol. The van der Waals surface area contributed by atoms with Crippen LogP contribution in [0.1, 0.15) is 6.42 Å². The molecule has 2 rings (SSSR count). The van der Waals surface area contributed by atoms with E-state index in [-0.39, 0.29) is 0 Å². The minimum atomic E-state index is -1.61. The number of ether oxygens (including phenoxy) is 3. The van der Waals surface area contributed by atoms with E-state index in [1.807, 2.05) is 0 Å². The van der Waals surface area contributed by atoms with Gasteiger partial charge in [0.05, 0.1) is 14.2 Å². The van der Waals surface area contributed by atoms with Crippen LogP contribution in [-0.4, -0.2) is 54.0 Å². The molecule has 1 unspecified atom stereocenters. The molecule has 0 saturated heterocycles. The lowest BCUT2D eigenvalue weighted by Crippen LogP contribution is -2.47. The van der Waals surface area contributed by atoms with Crippen molar-refractivity contribution in [1.29, 1.82) is 0 Å². The fourth-order valence-corrected chi connectivity index (χ4v) is 1.73. The van der Waals surface area contributed by atoms with Gasteiger partial charge in [0.15, 0.2) is 11.5 Å². The van der Waals surface area contributed by atoms with E-state index in [4.69, 9.17) is 14.2 Å². The summed E-state index contributed by atoms with van der Waals surface area (Å²) in [7, 11) is 2.80. The molecule has 0 fully saturated rings. The van der Waals surface area contributed by atoms with Crippen LogP contribution in [0.3, 0.4) is 0 Å². The van der Waals surface area contributed by atoms with Gasteiger partial charge >= 0.3 is 7.12 Å². The van der Waals surface area contributed by atoms with Crippen LogP contribution in [0.4, 0.5) is 0 Å². The summed E-state index contributed by atoms with van der Waals surface area (Å²) in [5, 5.41) is 18.5. The second-order valence-corrected chi connectivity index (χ2v) is 4.12. The van der Waals surface area contributed by atoms with Gasteiger partial charge in [0, 0.05) is 38.3 Å². The SMILES string of the molecule is COC1=CCC(OC)(B(O)O)C=C1OC.c1cnccn1. The van der Waals surface area contributed by atoms with E-state index in [1.165, 1.54) is 27.4 Å². The highest BCUT2D eigenvalue weighted by Gasteiger charge is 2.43. The van der Waals surface area contributed by atoms with Crippen molar-refractivity contribution < 1.29 is 24.3 Å². The van der Waals surface area contributed by atoms with E-state index in [9.17, 15) is 10.0 Å². The molecule has 0 aromatic carbocycles. The molecule has 0 spiro atoms. The van der Waals surface area contributed by atoms with Crippen LogP contribution in [0.5, 0.6) is 0 Å². The molecule has 1 aromatic heterocycles.